The Hall–Kier alpha value is -1.12. The predicted molar refractivity (Wildman–Crippen MR) is 81.1 cm³/mol. The first-order valence-corrected chi connectivity index (χ1v) is 7.38. The summed E-state index contributed by atoms with van der Waals surface area (Å²) < 4.78 is 0. The van der Waals surface area contributed by atoms with E-state index in [4.69, 9.17) is 0 Å². The summed E-state index contributed by atoms with van der Waals surface area (Å²) in [5, 5.41) is 5.52. The molecule has 1 unspecified atom stereocenters. The summed E-state index contributed by atoms with van der Waals surface area (Å²) in [6.07, 6.45) is 1.10. The zero-order chi connectivity index (χ0) is 13.0. The molecular weight excluding hydrogens is 238 g/mol. The molecule has 2 heteroatoms. The van der Waals surface area contributed by atoms with Gasteiger partial charge < -0.3 is 5.32 Å². The van der Waals surface area contributed by atoms with Crippen molar-refractivity contribution in [3.63, 3.8) is 0 Å². The van der Waals surface area contributed by atoms with Gasteiger partial charge in [-0.25, -0.2) is 0 Å². The zero-order valence-corrected chi connectivity index (χ0v) is 12.1. The topological polar surface area (TPSA) is 12.0 Å². The van der Waals surface area contributed by atoms with Crippen LogP contribution in [0.1, 0.15) is 19.4 Å². The zero-order valence-electron chi connectivity index (χ0n) is 11.3. The average Bonchev–Trinajstić information content (AvgIpc) is 2.90. The van der Waals surface area contributed by atoms with E-state index in [2.05, 4.69) is 60.9 Å². The van der Waals surface area contributed by atoms with E-state index in [1.807, 2.05) is 7.05 Å². The molecule has 0 aliphatic rings. The smallest absolute Gasteiger partial charge is 0.0342 e. The number of hydrogen-bond acceptors (Lipinski definition) is 2. The molecule has 96 valence electrons. The van der Waals surface area contributed by atoms with Gasteiger partial charge in [-0.05, 0) is 42.0 Å². The number of benzene rings is 1. The molecule has 0 saturated carbocycles. The summed E-state index contributed by atoms with van der Waals surface area (Å²) in [6, 6.07) is 13.8. The lowest BCUT2D eigenvalue weighted by Gasteiger charge is -2.20. The molecule has 0 aliphatic heterocycles. The summed E-state index contributed by atoms with van der Waals surface area (Å²) in [5.41, 5.74) is 2.72. The minimum Gasteiger partial charge on any atom is -0.316 e. The number of thiophene rings is 1. The van der Waals surface area contributed by atoms with Crippen LogP contribution in [0.5, 0.6) is 0 Å². The molecule has 0 aliphatic carbocycles. The van der Waals surface area contributed by atoms with Gasteiger partial charge in [-0.3, -0.25) is 0 Å². The van der Waals surface area contributed by atoms with Gasteiger partial charge in [0, 0.05) is 10.9 Å². The highest BCUT2D eigenvalue weighted by Crippen LogP contribution is 2.25. The van der Waals surface area contributed by atoms with Gasteiger partial charge in [0.15, 0.2) is 0 Å². The molecule has 0 fully saturated rings. The molecule has 1 nitrogen and oxygen atoms in total. The maximum absolute atomic E-state index is 3.39. The summed E-state index contributed by atoms with van der Waals surface area (Å²) >= 11 is 1.79. The molecule has 0 saturated heterocycles. The van der Waals surface area contributed by atoms with E-state index in [9.17, 15) is 0 Å². The Morgan fingerprint density at radius 1 is 1.11 bits per heavy atom. The van der Waals surface area contributed by atoms with Crippen molar-refractivity contribution >= 4 is 11.3 Å². The molecule has 0 amide bonds. The number of rotatable bonds is 5. The van der Waals surface area contributed by atoms with Crippen LogP contribution in [0.2, 0.25) is 0 Å². The van der Waals surface area contributed by atoms with Gasteiger partial charge in [-0.1, -0.05) is 44.2 Å². The lowest BCUT2D eigenvalue weighted by atomic mass is 9.96. The second-order valence-electron chi connectivity index (χ2n) is 5.02. The molecule has 1 N–H and O–H groups in total. The molecule has 0 bridgehead atoms. The van der Waals surface area contributed by atoms with Crippen molar-refractivity contribution in [3.8, 4) is 10.4 Å². The first-order valence-electron chi connectivity index (χ1n) is 6.51. The van der Waals surface area contributed by atoms with Crippen LogP contribution >= 0.6 is 11.3 Å². The summed E-state index contributed by atoms with van der Waals surface area (Å²) in [6.45, 7) is 4.53. The Balaban J connectivity index is 2.08. The van der Waals surface area contributed by atoms with Crippen LogP contribution < -0.4 is 5.32 Å². The fourth-order valence-electron chi connectivity index (χ4n) is 2.17. The molecule has 2 aromatic rings. The Morgan fingerprint density at radius 3 is 2.33 bits per heavy atom. The summed E-state index contributed by atoms with van der Waals surface area (Å²) in [5.74, 6) is 0.659. The van der Waals surface area contributed by atoms with Crippen LogP contribution in [-0.4, -0.2) is 13.1 Å². The van der Waals surface area contributed by atoms with Crippen molar-refractivity contribution in [3.05, 3.63) is 47.3 Å². The highest BCUT2D eigenvalue weighted by Gasteiger charge is 2.11. The molecule has 1 aromatic heterocycles. The largest absolute Gasteiger partial charge is 0.316 e. The molecule has 1 atom stereocenters. The van der Waals surface area contributed by atoms with Crippen LogP contribution in [0.4, 0.5) is 0 Å². The van der Waals surface area contributed by atoms with Gasteiger partial charge in [0.25, 0.3) is 0 Å². The van der Waals surface area contributed by atoms with Crippen molar-refractivity contribution < 1.29 is 0 Å². The van der Waals surface area contributed by atoms with Crippen molar-refractivity contribution in [2.45, 2.75) is 26.3 Å². The monoisotopic (exact) mass is 259 g/mol. The van der Waals surface area contributed by atoms with Gasteiger partial charge in [0.1, 0.15) is 0 Å². The van der Waals surface area contributed by atoms with Crippen LogP contribution in [0.15, 0.2) is 41.8 Å². The van der Waals surface area contributed by atoms with E-state index >= 15 is 0 Å². The van der Waals surface area contributed by atoms with Crippen molar-refractivity contribution in [2.24, 2.45) is 5.92 Å². The highest BCUT2D eigenvalue weighted by atomic mass is 32.1. The molecule has 0 spiro atoms. The standard InChI is InChI=1S/C16H21NS/c1-12(2)15(17-3)11-13-6-8-14(9-7-13)16-5-4-10-18-16/h4-10,12,15,17H,11H2,1-3H3. The Kier molecular flexibility index (Phi) is 4.56. The highest BCUT2D eigenvalue weighted by molar-refractivity contribution is 7.13. The van der Waals surface area contributed by atoms with Crippen LogP contribution in [0.3, 0.4) is 0 Å². The van der Waals surface area contributed by atoms with Gasteiger partial charge in [-0.2, -0.15) is 0 Å². The normalized spacial score (nSPS) is 12.9. The quantitative estimate of drug-likeness (QED) is 0.848. The first kappa shape index (κ1) is 13.3. The SMILES string of the molecule is CNC(Cc1ccc(-c2cccs2)cc1)C(C)C. The van der Waals surface area contributed by atoms with Crippen LogP contribution in [-0.2, 0) is 6.42 Å². The molecular formula is C16H21NS. The third-order valence-corrected chi connectivity index (χ3v) is 4.31. The lowest BCUT2D eigenvalue weighted by Crippen LogP contribution is -2.32. The minimum atomic E-state index is 0.553. The first-order chi connectivity index (χ1) is 8.70. The lowest BCUT2D eigenvalue weighted by molar-refractivity contribution is 0.424. The van der Waals surface area contributed by atoms with Gasteiger partial charge in [-0.15, -0.1) is 11.3 Å². The summed E-state index contributed by atoms with van der Waals surface area (Å²) in [7, 11) is 2.05. The molecule has 2 rings (SSSR count). The second-order valence-corrected chi connectivity index (χ2v) is 5.97. The number of likely N-dealkylation sites (N-methyl/N-ethyl adjacent to an activating group) is 1. The Bertz CT molecular complexity index is 456. The Labute approximate surface area is 114 Å². The third kappa shape index (κ3) is 3.21. The average molecular weight is 259 g/mol. The van der Waals surface area contributed by atoms with E-state index in [0.717, 1.165) is 6.42 Å². The van der Waals surface area contributed by atoms with E-state index in [0.29, 0.717) is 12.0 Å². The molecule has 1 heterocycles. The minimum absolute atomic E-state index is 0.553. The predicted octanol–water partition coefficient (Wildman–Crippen LogP) is 4.20. The van der Waals surface area contributed by atoms with E-state index in [1.165, 1.54) is 16.0 Å². The van der Waals surface area contributed by atoms with E-state index < -0.39 is 0 Å². The Morgan fingerprint density at radius 2 is 1.83 bits per heavy atom. The third-order valence-electron chi connectivity index (χ3n) is 3.39. The molecule has 18 heavy (non-hydrogen) atoms. The van der Waals surface area contributed by atoms with Gasteiger partial charge in [0.05, 0.1) is 0 Å². The number of nitrogens with one attached hydrogen (secondary N) is 1. The maximum atomic E-state index is 3.39. The van der Waals surface area contributed by atoms with Crippen LogP contribution in [0.25, 0.3) is 10.4 Å². The fourth-order valence-corrected chi connectivity index (χ4v) is 2.91. The van der Waals surface area contributed by atoms with E-state index in [1.54, 1.807) is 11.3 Å². The van der Waals surface area contributed by atoms with Crippen molar-refractivity contribution in [2.75, 3.05) is 7.05 Å². The fraction of sp³-hybridized carbons (Fsp3) is 0.375. The van der Waals surface area contributed by atoms with E-state index in [-0.39, 0.29) is 0 Å². The molecule has 1 aromatic carbocycles. The molecule has 0 radical (unpaired) electrons. The maximum Gasteiger partial charge on any atom is 0.0342 e. The van der Waals surface area contributed by atoms with Crippen molar-refractivity contribution in [1.29, 1.82) is 0 Å². The van der Waals surface area contributed by atoms with Crippen molar-refractivity contribution in [1.82, 2.24) is 5.32 Å². The second kappa shape index (κ2) is 6.17. The van der Waals surface area contributed by atoms with Crippen LogP contribution in [0, 0.1) is 5.92 Å². The number of hydrogen-bond donors (Lipinski definition) is 1. The summed E-state index contributed by atoms with van der Waals surface area (Å²) in [4.78, 5) is 1.34. The van der Waals surface area contributed by atoms with Gasteiger partial charge >= 0.3 is 0 Å². The van der Waals surface area contributed by atoms with Gasteiger partial charge in [0.2, 0.25) is 0 Å².